The van der Waals surface area contributed by atoms with Crippen LogP contribution in [0.15, 0.2) is 0 Å². The molecule has 0 radical (unpaired) electrons. The van der Waals surface area contributed by atoms with Crippen molar-refractivity contribution < 1.29 is 0 Å². The summed E-state index contributed by atoms with van der Waals surface area (Å²) in [4.78, 5) is 0. The van der Waals surface area contributed by atoms with E-state index in [2.05, 4.69) is 43.9 Å². The quantitative estimate of drug-likeness (QED) is 0.417. The van der Waals surface area contributed by atoms with Gasteiger partial charge in [0, 0.05) is 0 Å². The Morgan fingerprint density at radius 1 is 1.09 bits per heavy atom. The summed E-state index contributed by atoms with van der Waals surface area (Å²) < 4.78 is 0. The SMILES string of the molecule is C(S[Se]SCC1CS1)C1CS1. The second-order valence-electron chi connectivity index (χ2n) is 2.55. The van der Waals surface area contributed by atoms with Crippen molar-refractivity contribution in [1.29, 1.82) is 0 Å². The van der Waals surface area contributed by atoms with Crippen LogP contribution in [-0.2, 0) is 0 Å². The van der Waals surface area contributed by atoms with E-state index >= 15 is 0 Å². The molecule has 0 aliphatic carbocycles. The molecule has 2 rings (SSSR count). The summed E-state index contributed by atoms with van der Waals surface area (Å²) in [5, 5.41) is 2.08. The minimum absolute atomic E-state index is 0.826. The Morgan fingerprint density at radius 3 is 1.91 bits per heavy atom. The molecular formula is C6H10S4Se. The molecule has 0 nitrogen and oxygen atoms in total. The number of hydrogen-bond donors (Lipinski definition) is 0. The Kier molecular flexibility index (Phi) is 4.28. The van der Waals surface area contributed by atoms with E-state index in [1.165, 1.54) is 23.0 Å². The Bertz CT molecular complexity index is 110. The standard InChI is InChI=1S/C6H10S4Se/c1-5(7-1)3-9-11-10-4-6-2-8-6/h5-6H,1-4H2. The molecule has 64 valence electrons. The van der Waals surface area contributed by atoms with E-state index < -0.39 is 0 Å². The molecule has 0 bridgehead atoms. The van der Waals surface area contributed by atoms with Gasteiger partial charge >= 0.3 is 90.1 Å². The van der Waals surface area contributed by atoms with Gasteiger partial charge in [-0.2, -0.15) is 0 Å². The van der Waals surface area contributed by atoms with Crippen LogP contribution in [0.25, 0.3) is 0 Å². The number of hydrogen-bond acceptors (Lipinski definition) is 4. The van der Waals surface area contributed by atoms with E-state index in [-0.39, 0.29) is 0 Å². The predicted molar refractivity (Wildman–Crippen MR) is 63.2 cm³/mol. The molecule has 2 fully saturated rings. The Labute approximate surface area is 89.5 Å². The first-order chi connectivity index (χ1) is 5.45. The van der Waals surface area contributed by atoms with E-state index in [4.69, 9.17) is 0 Å². The van der Waals surface area contributed by atoms with Crippen molar-refractivity contribution in [2.45, 2.75) is 10.5 Å². The fourth-order valence-corrected chi connectivity index (χ4v) is 10.4. The monoisotopic (exact) mass is 290 g/mol. The molecule has 0 aromatic carbocycles. The molecule has 11 heavy (non-hydrogen) atoms. The number of rotatable bonds is 6. The van der Waals surface area contributed by atoms with E-state index in [9.17, 15) is 0 Å². The van der Waals surface area contributed by atoms with Gasteiger partial charge in [0.25, 0.3) is 0 Å². The summed E-state index contributed by atoms with van der Waals surface area (Å²) in [6.07, 6.45) is 0. The van der Waals surface area contributed by atoms with Gasteiger partial charge in [-0.25, -0.2) is 0 Å². The van der Waals surface area contributed by atoms with Gasteiger partial charge in [0.2, 0.25) is 0 Å². The van der Waals surface area contributed by atoms with Crippen LogP contribution in [-0.4, -0.2) is 46.2 Å². The van der Waals surface area contributed by atoms with Crippen molar-refractivity contribution in [2.75, 3.05) is 23.0 Å². The van der Waals surface area contributed by atoms with Crippen molar-refractivity contribution in [2.24, 2.45) is 0 Å². The van der Waals surface area contributed by atoms with E-state index in [0.717, 1.165) is 23.2 Å². The third-order valence-corrected chi connectivity index (χ3v) is 11.0. The third-order valence-electron chi connectivity index (χ3n) is 1.41. The maximum absolute atomic E-state index is 2.19. The molecule has 0 aromatic heterocycles. The zero-order chi connectivity index (χ0) is 7.52. The number of thioether (sulfide) groups is 2. The summed E-state index contributed by atoms with van der Waals surface area (Å²) in [7, 11) is 4.38. The first-order valence-electron chi connectivity index (χ1n) is 3.59. The van der Waals surface area contributed by atoms with Gasteiger partial charge in [-0.15, -0.1) is 0 Å². The molecule has 2 aliphatic heterocycles. The summed E-state index contributed by atoms with van der Waals surface area (Å²) in [6.45, 7) is 0. The first-order valence-corrected chi connectivity index (χ1v) is 11.7. The van der Waals surface area contributed by atoms with Crippen LogP contribution in [0.3, 0.4) is 0 Å². The normalized spacial score (nSPS) is 33.8. The van der Waals surface area contributed by atoms with Crippen molar-refractivity contribution >= 4 is 56.6 Å². The molecule has 0 saturated carbocycles. The van der Waals surface area contributed by atoms with Crippen molar-refractivity contribution in [3.63, 3.8) is 0 Å². The van der Waals surface area contributed by atoms with E-state index in [1.54, 1.807) is 0 Å². The van der Waals surface area contributed by atoms with Crippen LogP contribution in [0, 0.1) is 0 Å². The van der Waals surface area contributed by atoms with Gasteiger partial charge in [-0.05, 0) is 0 Å². The van der Waals surface area contributed by atoms with Gasteiger partial charge in [0.15, 0.2) is 0 Å². The minimum atomic E-state index is 0.826. The molecule has 2 heterocycles. The van der Waals surface area contributed by atoms with Crippen molar-refractivity contribution in [3.05, 3.63) is 0 Å². The second kappa shape index (κ2) is 4.96. The maximum atomic E-state index is 2.19. The topological polar surface area (TPSA) is 0 Å². The van der Waals surface area contributed by atoms with Crippen LogP contribution < -0.4 is 0 Å². The van der Waals surface area contributed by atoms with Gasteiger partial charge in [0.05, 0.1) is 0 Å². The Hall–Kier alpha value is 1.92. The summed E-state index contributed by atoms with van der Waals surface area (Å²) >= 11 is 5.07. The predicted octanol–water partition coefficient (Wildman–Crippen LogP) is 2.22. The van der Waals surface area contributed by atoms with Gasteiger partial charge in [0.1, 0.15) is 0 Å². The van der Waals surface area contributed by atoms with Gasteiger partial charge < -0.3 is 0 Å². The molecule has 2 atom stereocenters. The van der Waals surface area contributed by atoms with Crippen LogP contribution >= 0.6 is 43.9 Å². The summed E-state index contributed by atoms with van der Waals surface area (Å²) in [5.41, 5.74) is 0. The van der Waals surface area contributed by atoms with E-state index in [0.29, 0.717) is 0 Å². The van der Waals surface area contributed by atoms with Gasteiger partial charge in [-0.1, -0.05) is 0 Å². The molecular weight excluding hydrogens is 279 g/mol. The molecule has 2 aliphatic rings. The zero-order valence-corrected chi connectivity index (χ0v) is 11.0. The molecule has 5 heteroatoms. The van der Waals surface area contributed by atoms with Crippen LogP contribution in [0.1, 0.15) is 0 Å². The zero-order valence-electron chi connectivity index (χ0n) is 6.02. The molecule has 2 unspecified atom stereocenters. The second-order valence-corrected chi connectivity index (χ2v) is 12.4. The molecule has 0 N–H and O–H groups in total. The molecule has 0 amide bonds. The van der Waals surface area contributed by atoms with Crippen LogP contribution in [0.5, 0.6) is 0 Å². The first kappa shape index (κ1) is 9.47. The van der Waals surface area contributed by atoms with E-state index in [1.807, 2.05) is 0 Å². The summed E-state index contributed by atoms with van der Waals surface area (Å²) in [5.74, 6) is 5.73. The average molecular weight is 289 g/mol. The molecule has 0 aromatic rings. The average Bonchev–Trinajstić information content (AvgIpc) is 2.83. The van der Waals surface area contributed by atoms with Gasteiger partial charge in [-0.3, -0.25) is 0 Å². The third kappa shape index (κ3) is 4.63. The Balaban J connectivity index is 1.35. The van der Waals surface area contributed by atoms with Crippen LogP contribution in [0.4, 0.5) is 0 Å². The molecule has 2 saturated heterocycles. The molecule has 0 spiro atoms. The van der Waals surface area contributed by atoms with Crippen LogP contribution in [0.2, 0.25) is 0 Å². The van der Waals surface area contributed by atoms with Crippen molar-refractivity contribution in [1.82, 2.24) is 0 Å². The van der Waals surface area contributed by atoms with Crippen molar-refractivity contribution in [3.8, 4) is 0 Å². The fourth-order valence-electron chi connectivity index (χ4n) is 0.570. The fraction of sp³-hybridized carbons (Fsp3) is 1.00. The summed E-state index contributed by atoms with van der Waals surface area (Å²) in [6, 6.07) is 0. The Morgan fingerprint density at radius 2 is 1.55 bits per heavy atom.